The van der Waals surface area contributed by atoms with Gasteiger partial charge in [0.1, 0.15) is 24.2 Å². The predicted molar refractivity (Wildman–Crippen MR) is 165 cm³/mol. The zero-order valence-electron chi connectivity index (χ0n) is 24.2. The van der Waals surface area contributed by atoms with Crippen molar-refractivity contribution in [3.05, 3.63) is 54.1 Å². The quantitative estimate of drug-likeness (QED) is 0.161. The van der Waals surface area contributed by atoms with Crippen molar-refractivity contribution in [2.24, 2.45) is 9.39 Å². The molecule has 1 heterocycles. The Balaban J connectivity index is 1.39. The molecule has 0 amide bonds. The first kappa shape index (κ1) is 32.4. The van der Waals surface area contributed by atoms with Gasteiger partial charge >= 0.3 is 10.2 Å². The number of nitrogens with one attached hydrogen (secondary N) is 3. The minimum absolute atomic E-state index is 0.112. The van der Waals surface area contributed by atoms with Crippen molar-refractivity contribution in [2.75, 3.05) is 25.0 Å². The summed E-state index contributed by atoms with van der Waals surface area (Å²) in [5, 5.41) is 25.9. The van der Waals surface area contributed by atoms with Crippen LogP contribution < -0.4 is 20.1 Å². The number of nitrogens with zero attached hydrogens (tertiary/aromatic N) is 2. The lowest BCUT2D eigenvalue weighted by molar-refractivity contribution is 0.104. The van der Waals surface area contributed by atoms with Crippen LogP contribution in [0.1, 0.15) is 70.8 Å². The molecular formula is C30H45N5O5S. The second-order valence-corrected chi connectivity index (χ2v) is 11.9. The molecule has 226 valence electrons. The third-order valence-electron chi connectivity index (χ3n) is 6.68. The highest BCUT2D eigenvalue weighted by atomic mass is 32.2. The van der Waals surface area contributed by atoms with Crippen LogP contribution in [0.5, 0.6) is 11.5 Å². The molecule has 0 radical (unpaired) electrons. The van der Waals surface area contributed by atoms with E-state index in [2.05, 4.69) is 31.7 Å². The fraction of sp³-hybridized carbons (Fsp3) is 0.533. The number of ether oxygens (including phenoxy) is 1. The average molecular weight is 588 g/mol. The maximum Gasteiger partial charge on any atom is 0.345 e. The van der Waals surface area contributed by atoms with E-state index in [1.54, 1.807) is 12.1 Å². The number of aromatic hydroxyl groups is 1. The molecule has 0 aromatic heterocycles. The zero-order chi connectivity index (χ0) is 29.5. The van der Waals surface area contributed by atoms with Crippen molar-refractivity contribution in [1.82, 2.24) is 10.0 Å². The number of aliphatic hydroxyl groups is 1. The summed E-state index contributed by atoms with van der Waals surface area (Å²) in [5.74, 6) is 1.21. The molecule has 2 aromatic rings. The van der Waals surface area contributed by atoms with E-state index < -0.39 is 16.3 Å². The van der Waals surface area contributed by atoms with Gasteiger partial charge in [0, 0.05) is 24.8 Å². The maximum absolute atomic E-state index is 12.1. The molecule has 1 aliphatic heterocycles. The molecule has 2 atom stereocenters. The van der Waals surface area contributed by atoms with E-state index in [-0.39, 0.29) is 30.1 Å². The lowest BCUT2D eigenvalue weighted by Crippen LogP contribution is -2.37. The van der Waals surface area contributed by atoms with Crippen molar-refractivity contribution in [3.8, 4) is 11.5 Å². The number of amidine groups is 2. The van der Waals surface area contributed by atoms with Gasteiger partial charge in [0.25, 0.3) is 0 Å². The van der Waals surface area contributed by atoms with Crippen LogP contribution in [0.4, 0.5) is 5.69 Å². The Hall–Kier alpha value is -3.15. The van der Waals surface area contributed by atoms with E-state index in [0.717, 1.165) is 24.8 Å². The average Bonchev–Trinajstić information content (AvgIpc) is 3.24. The number of rotatable bonds is 18. The number of phenols is 1. The van der Waals surface area contributed by atoms with Gasteiger partial charge in [0.2, 0.25) is 0 Å². The smallest absolute Gasteiger partial charge is 0.345 e. The monoisotopic (exact) mass is 587 g/mol. The topological polar surface area (TPSA) is 145 Å². The Morgan fingerprint density at radius 2 is 1.63 bits per heavy atom. The third kappa shape index (κ3) is 12.5. The highest BCUT2D eigenvalue weighted by Crippen LogP contribution is 2.16. The molecule has 0 fully saturated rings. The van der Waals surface area contributed by atoms with E-state index in [1.165, 1.54) is 50.7 Å². The summed E-state index contributed by atoms with van der Waals surface area (Å²) in [7, 11) is -3.79. The van der Waals surface area contributed by atoms with Gasteiger partial charge in [-0.05, 0) is 61.7 Å². The molecule has 0 saturated heterocycles. The molecule has 0 bridgehead atoms. The maximum atomic E-state index is 12.1. The number of hydrogen-bond acceptors (Lipinski definition) is 8. The van der Waals surface area contributed by atoms with Crippen molar-refractivity contribution in [1.29, 1.82) is 0 Å². The SMILES string of the molecule is CCCCCCCCCCN=C1NS(=O)(=O)N=C1Nc1ccc(CC(C)NC[C@H](O)COc2ccc(O)cc2)cc1. The van der Waals surface area contributed by atoms with Crippen LogP contribution in [-0.2, 0) is 16.6 Å². The number of unbranched alkanes of at least 4 members (excludes halogenated alkanes) is 7. The molecule has 10 nitrogen and oxygen atoms in total. The summed E-state index contributed by atoms with van der Waals surface area (Å²) in [6.07, 6.45) is 9.60. The number of anilines is 1. The first-order chi connectivity index (χ1) is 19.7. The van der Waals surface area contributed by atoms with E-state index in [4.69, 9.17) is 4.74 Å². The van der Waals surface area contributed by atoms with E-state index >= 15 is 0 Å². The van der Waals surface area contributed by atoms with Crippen LogP contribution in [0.2, 0.25) is 0 Å². The Labute approximate surface area is 244 Å². The fourth-order valence-electron chi connectivity index (χ4n) is 4.40. The molecule has 0 aliphatic carbocycles. The molecule has 1 unspecified atom stereocenters. The minimum atomic E-state index is -3.79. The first-order valence-electron chi connectivity index (χ1n) is 14.6. The van der Waals surface area contributed by atoms with Crippen molar-refractivity contribution in [3.63, 3.8) is 0 Å². The lowest BCUT2D eigenvalue weighted by atomic mass is 10.1. The van der Waals surface area contributed by atoms with E-state index in [1.807, 2.05) is 31.2 Å². The van der Waals surface area contributed by atoms with Crippen molar-refractivity contribution < 1.29 is 23.4 Å². The van der Waals surface area contributed by atoms with Gasteiger partial charge < -0.3 is 25.6 Å². The van der Waals surface area contributed by atoms with Crippen LogP contribution in [0, 0.1) is 0 Å². The van der Waals surface area contributed by atoms with Gasteiger partial charge in [-0.25, -0.2) is 4.72 Å². The minimum Gasteiger partial charge on any atom is -0.508 e. The molecule has 3 rings (SSSR count). The standard InChI is InChI=1S/C30H45N5O5S/c1-3-4-5-6-7-8-9-10-19-31-29-30(35-41(38,39)34-29)33-25-13-11-24(12-14-25)20-23(2)32-21-27(37)22-40-28-17-15-26(36)16-18-28/h11-18,23,27,32,36-37H,3-10,19-22H2,1-2H3,(H,31,34)(H,33,35)/t23?,27-/m0/s1. The van der Waals surface area contributed by atoms with Crippen molar-refractivity contribution >= 4 is 27.6 Å². The summed E-state index contributed by atoms with van der Waals surface area (Å²) >= 11 is 0. The summed E-state index contributed by atoms with van der Waals surface area (Å²) < 4.78 is 35.8. The molecular weight excluding hydrogens is 542 g/mol. The molecule has 5 N–H and O–H groups in total. The van der Waals surface area contributed by atoms with Gasteiger partial charge in [0.15, 0.2) is 11.7 Å². The molecule has 0 spiro atoms. The highest BCUT2D eigenvalue weighted by molar-refractivity contribution is 7.89. The Bertz CT molecular complexity index is 1220. The molecule has 0 saturated carbocycles. The van der Waals surface area contributed by atoms with E-state index in [9.17, 15) is 18.6 Å². The number of benzene rings is 2. The van der Waals surface area contributed by atoms with Crippen LogP contribution in [0.25, 0.3) is 0 Å². The molecule has 1 aliphatic rings. The molecule has 11 heteroatoms. The van der Waals surface area contributed by atoms with Gasteiger partial charge in [0.05, 0.1) is 0 Å². The Kier molecular flexibility index (Phi) is 13.4. The number of hydrogen-bond donors (Lipinski definition) is 5. The Morgan fingerprint density at radius 1 is 0.976 bits per heavy atom. The highest BCUT2D eigenvalue weighted by Gasteiger charge is 2.26. The molecule has 2 aromatic carbocycles. The van der Waals surface area contributed by atoms with E-state index in [0.29, 0.717) is 24.5 Å². The van der Waals surface area contributed by atoms with Crippen LogP contribution in [0.15, 0.2) is 57.9 Å². The summed E-state index contributed by atoms with van der Waals surface area (Å²) in [5.41, 5.74) is 1.81. The number of phenolic OH excluding ortho intramolecular Hbond substituents is 1. The van der Waals surface area contributed by atoms with Crippen LogP contribution in [-0.4, -0.2) is 62.1 Å². The Morgan fingerprint density at radius 3 is 2.32 bits per heavy atom. The third-order valence-corrected chi connectivity index (χ3v) is 7.56. The summed E-state index contributed by atoms with van der Waals surface area (Å²) in [6.45, 7) is 5.33. The van der Waals surface area contributed by atoms with Gasteiger partial charge in [-0.1, -0.05) is 64.0 Å². The lowest BCUT2D eigenvalue weighted by Gasteiger charge is -2.18. The summed E-state index contributed by atoms with van der Waals surface area (Å²) in [6, 6.07) is 14.2. The number of aliphatic imine (C=N–C) groups is 1. The second-order valence-electron chi connectivity index (χ2n) is 10.5. The normalized spacial score (nSPS) is 16.7. The van der Waals surface area contributed by atoms with Gasteiger partial charge in [-0.15, -0.1) is 4.40 Å². The number of aliphatic hydroxyl groups excluding tert-OH is 1. The zero-order valence-corrected chi connectivity index (χ0v) is 25.0. The van der Waals surface area contributed by atoms with Gasteiger partial charge in [-0.3, -0.25) is 4.99 Å². The fourth-order valence-corrected chi connectivity index (χ4v) is 5.22. The summed E-state index contributed by atoms with van der Waals surface area (Å²) in [4.78, 5) is 4.45. The van der Waals surface area contributed by atoms with Crippen LogP contribution >= 0.6 is 0 Å². The second kappa shape index (κ2) is 17.0. The van der Waals surface area contributed by atoms with Crippen molar-refractivity contribution in [2.45, 2.75) is 83.8 Å². The van der Waals surface area contributed by atoms with Gasteiger partial charge in [-0.2, -0.15) is 8.42 Å². The predicted octanol–water partition coefficient (Wildman–Crippen LogP) is 4.55. The van der Waals surface area contributed by atoms with Crippen LogP contribution in [0.3, 0.4) is 0 Å². The molecule has 41 heavy (non-hydrogen) atoms. The largest absolute Gasteiger partial charge is 0.508 e. The first-order valence-corrected chi connectivity index (χ1v) is 16.0.